The van der Waals surface area contributed by atoms with Crippen LogP contribution in [0.15, 0.2) is 134 Å². The number of H-pyrrole nitrogens is 1. The van der Waals surface area contributed by atoms with Crippen LogP contribution in [-0.2, 0) is 101 Å². The molecule has 572 valence electrons. The summed E-state index contributed by atoms with van der Waals surface area (Å²) in [7, 11) is 0. The smallest absolute Gasteiger partial charge is 0.305 e. The van der Waals surface area contributed by atoms with Crippen LogP contribution >= 0.6 is 0 Å². The third-order valence-corrected chi connectivity index (χ3v) is 17.6. The summed E-state index contributed by atoms with van der Waals surface area (Å²) in [5.41, 5.74) is 21.0. The highest BCUT2D eigenvalue weighted by molar-refractivity contribution is 6.00. The molecule has 0 fully saturated rings. The van der Waals surface area contributed by atoms with Crippen molar-refractivity contribution < 1.29 is 82.8 Å². The highest BCUT2D eigenvalue weighted by Gasteiger charge is 2.37. The number of aromatic nitrogens is 2. The van der Waals surface area contributed by atoms with Crippen molar-refractivity contribution in [2.45, 2.75) is 179 Å². The lowest BCUT2D eigenvalue weighted by atomic mass is 9.94. The van der Waals surface area contributed by atoms with Gasteiger partial charge in [-0.15, -0.1) is 0 Å². The van der Waals surface area contributed by atoms with E-state index in [1.54, 1.807) is 61.5 Å². The summed E-state index contributed by atoms with van der Waals surface area (Å²) in [6, 6.07) is 20.5. The fourth-order valence-electron chi connectivity index (χ4n) is 11.5. The largest absolute Gasteiger partial charge is 0.481 e. The third kappa shape index (κ3) is 26.4. The minimum atomic E-state index is -2.02. The van der Waals surface area contributed by atoms with Crippen LogP contribution in [0, 0.1) is 6.92 Å². The maximum atomic E-state index is 14.5. The number of rotatable bonds is 42. The van der Waals surface area contributed by atoms with Gasteiger partial charge in [-0.05, 0) is 95.7 Å². The molecule has 6 aromatic rings. The Kier molecular flexibility index (Phi) is 32.8. The first kappa shape index (κ1) is 84.2. The van der Waals surface area contributed by atoms with E-state index in [1.807, 2.05) is 74.5 Å². The molecule has 0 unspecified atom stereocenters. The molecular weight excluding hydrogens is 1380 g/mol. The summed E-state index contributed by atoms with van der Waals surface area (Å²) in [6.07, 6.45) is 0.833. The van der Waals surface area contributed by atoms with E-state index in [-0.39, 0.29) is 32.1 Å². The first-order valence-corrected chi connectivity index (χ1v) is 35.2. The number of carbonyl (C=O) groups is 13. The van der Waals surface area contributed by atoms with Gasteiger partial charge in [-0.1, -0.05) is 155 Å². The molecule has 19 N–H and O–H groups in total. The van der Waals surface area contributed by atoms with Crippen molar-refractivity contribution >= 4 is 76.9 Å². The van der Waals surface area contributed by atoms with Crippen LogP contribution in [0.2, 0.25) is 0 Å². The van der Waals surface area contributed by atoms with E-state index in [0.29, 0.717) is 35.2 Å². The first-order chi connectivity index (χ1) is 51.0. The van der Waals surface area contributed by atoms with Gasteiger partial charge in [-0.25, -0.2) is 4.98 Å². The number of aliphatic hydroxyl groups excluding tert-OH is 2. The number of aliphatic carboxylic acids is 2. The van der Waals surface area contributed by atoms with E-state index in [9.17, 15) is 82.8 Å². The van der Waals surface area contributed by atoms with Crippen LogP contribution in [0.5, 0.6) is 0 Å². The van der Waals surface area contributed by atoms with E-state index in [2.05, 4.69) is 76.1 Å². The van der Waals surface area contributed by atoms with E-state index < -0.39 is 169 Å². The molecule has 1 heterocycles. The molecule has 6 rings (SSSR count). The Labute approximate surface area is 618 Å². The summed E-state index contributed by atoms with van der Waals surface area (Å²) in [5.74, 6) is -14.7. The van der Waals surface area contributed by atoms with Crippen LogP contribution in [0.3, 0.4) is 0 Å². The second-order valence-corrected chi connectivity index (χ2v) is 26.0. The molecule has 0 aliphatic carbocycles. The van der Waals surface area contributed by atoms with Crippen molar-refractivity contribution in [2.24, 2.45) is 11.5 Å². The van der Waals surface area contributed by atoms with Gasteiger partial charge in [0.2, 0.25) is 65.0 Å². The number of hydrogen-bond donors (Lipinski definition) is 17. The average Bonchev–Trinajstić information content (AvgIpc) is 0.994. The van der Waals surface area contributed by atoms with Gasteiger partial charge in [0.05, 0.1) is 44.5 Å². The summed E-state index contributed by atoms with van der Waals surface area (Å²) >= 11 is 0. The van der Waals surface area contributed by atoms with Crippen LogP contribution < -0.4 is 64.6 Å². The van der Waals surface area contributed by atoms with Crippen molar-refractivity contribution in [3.63, 3.8) is 0 Å². The van der Waals surface area contributed by atoms with Gasteiger partial charge in [0.25, 0.3) is 0 Å². The zero-order chi connectivity index (χ0) is 78.4. The van der Waals surface area contributed by atoms with Crippen LogP contribution in [-0.4, -0.2) is 187 Å². The molecule has 0 saturated carbocycles. The number of carboxylic acid groups (broad SMARTS) is 2. The molecule has 11 atom stereocenters. The molecule has 0 saturated heterocycles. The Morgan fingerprint density at radius 1 is 0.495 bits per heavy atom. The number of benzene rings is 5. The molecule has 31 heteroatoms. The number of aromatic amines is 1. The van der Waals surface area contributed by atoms with E-state index in [1.165, 1.54) is 19.4 Å². The minimum Gasteiger partial charge on any atom is -0.481 e. The topological polar surface area (TPSA) is 504 Å². The van der Waals surface area contributed by atoms with Crippen molar-refractivity contribution in [2.75, 3.05) is 13.2 Å². The number of nitrogens with one attached hydrogen (secondary N) is 11. The lowest BCUT2D eigenvalue weighted by Gasteiger charge is -2.28. The highest BCUT2D eigenvalue weighted by atomic mass is 16.4. The Bertz CT molecular complexity index is 4060. The molecule has 5 aromatic carbocycles. The lowest BCUT2D eigenvalue weighted by Crippen LogP contribution is -2.62. The van der Waals surface area contributed by atoms with Crippen molar-refractivity contribution in [3.8, 4) is 22.3 Å². The lowest BCUT2D eigenvalue weighted by molar-refractivity contribution is -0.142. The molecule has 31 nitrogen and oxygen atoms in total. The number of carboxylic acids is 2. The Morgan fingerprint density at radius 3 is 1.53 bits per heavy atom. The second kappa shape index (κ2) is 41.7. The van der Waals surface area contributed by atoms with Gasteiger partial charge in [0.15, 0.2) is 0 Å². The Balaban J connectivity index is 1.15. The number of aliphatic hydroxyl groups is 2. The van der Waals surface area contributed by atoms with Crippen molar-refractivity contribution in [1.82, 2.24) is 63.1 Å². The van der Waals surface area contributed by atoms with Crippen LogP contribution in [0.25, 0.3) is 22.3 Å². The molecule has 0 spiro atoms. The van der Waals surface area contributed by atoms with Crippen LogP contribution in [0.4, 0.5) is 0 Å². The number of nitrogens with zero attached hydrogens (tertiary/aromatic N) is 1. The number of nitrogens with two attached hydrogens (primary N) is 2. The van der Waals surface area contributed by atoms with Crippen molar-refractivity contribution in [1.29, 1.82) is 0 Å². The third-order valence-electron chi connectivity index (χ3n) is 17.6. The normalized spacial score (nSPS) is 14.1. The number of hydrogen-bond acceptors (Lipinski definition) is 17. The fourth-order valence-corrected chi connectivity index (χ4v) is 11.5. The van der Waals surface area contributed by atoms with E-state index >= 15 is 0 Å². The number of unbranched alkanes of at least 4 members (excludes halogenated alkanes) is 1. The molecular formula is C76H96N14O17. The fraction of sp³-hybridized carbons (Fsp3) is 0.395. The summed E-state index contributed by atoms with van der Waals surface area (Å²) < 4.78 is 0. The summed E-state index contributed by atoms with van der Waals surface area (Å²) in [4.78, 5) is 183. The number of amides is 11. The first-order valence-electron chi connectivity index (χ1n) is 35.2. The van der Waals surface area contributed by atoms with Crippen molar-refractivity contribution in [3.05, 3.63) is 173 Å². The number of carbonyl (C=O) groups excluding carboxylic acids is 11. The predicted octanol–water partition coefficient (Wildman–Crippen LogP) is 0.272. The molecule has 0 aliphatic rings. The van der Waals surface area contributed by atoms with Gasteiger partial charge in [-0.2, -0.15) is 0 Å². The zero-order valence-corrected chi connectivity index (χ0v) is 60.4. The van der Waals surface area contributed by atoms with Gasteiger partial charge in [0, 0.05) is 37.6 Å². The summed E-state index contributed by atoms with van der Waals surface area (Å²) in [5, 5.41) is 65.2. The number of primary amides is 1. The quantitative estimate of drug-likeness (QED) is 0.0245. The zero-order valence-electron chi connectivity index (χ0n) is 60.4. The number of aryl methyl sites for hydroxylation is 3. The Morgan fingerprint density at radius 2 is 0.991 bits per heavy atom. The predicted molar refractivity (Wildman–Crippen MR) is 393 cm³/mol. The highest BCUT2D eigenvalue weighted by Crippen LogP contribution is 2.27. The van der Waals surface area contributed by atoms with Gasteiger partial charge < -0.3 is 90.0 Å². The Hall–Kier alpha value is -11.7. The van der Waals surface area contributed by atoms with E-state index in [0.717, 1.165) is 58.7 Å². The SMILES string of the molecule is CCCC[C@H](NC(=O)CNC(=O)[C@H](CC(=O)O)NC(=O)[C@@H](C)NC(=O)[C@@H](N)Cc1cnc[nH]1)C(=O)N[C@@H](Cc1ccccc1)C(=O)N[C@H](C(=O)N[C@@H](CO)C(=O)N[C@@H](CC(=O)O)C(=O)N[C@@H](Cc1ccc(-c2ccc(CC)cc2CC)cc1)C(=O)N[C@@H](Cc1ccc(-c2ccccc2C)cc1)C(N)=O)[C@@H](C)O. The average molecular weight is 1480 g/mol. The maximum Gasteiger partial charge on any atom is 0.305 e. The number of imidazole rings is 1. The molecule has 1 aromatic heterocycles. The van der Waals surface area contributed by atoms with Gasteiger partial charge >= 0.3 is 11.9 Å². The molecule has 11 amide bonds. The minimum absolute atomic E-state index is 0.0319. The maximum absolute atomic E-state index is 14.5. The molecule has 0 radical (unpaired) electrons. The van der Waals surface area contributed by atoms with Gasteiger partial charge in [0.1, 0.15) is 54.4 Å². The molecule has 107 heavy (non-hydrogen) atoms. The molecule has 0 bridgehead atoms. The standard InChI is InChI=1S/C76H96N14O17/c1-7-10-20-56(83-63(93)39-80-70(101)60(36-64(94)95)85-68(99)43(5)82-69(100)55(77)35-52-38-79-41-81-52)71(102)86-59(33-46-17-12-11-13-18-46)74(105)90-66(44(6)92)76(107)89-62(40-91)75(106)88-61(37-65(96)97)73(104)87-58(34-48-23-28-51(29-24-48)54-30-25-45(8-2)31-49(54)9-3)72(103)84-57(67(78)98)32-47-21-26-50(27-22-47)53-19-15-14-16-42(53)4/h11-19,21-31,38,41,43-44,55-62,66,91-92H,7-10,20,32-37,39-40,77H2,1-6H3,(H2,78,98)(H,79,81)(H,80,101)(H,82,100)(H,83,93)(H,84,103)(H,85,99)(H,86,102)(H,87,104)(H,88,106)(H,89,107)(H,90,105)(H,94,95)(H,96,97)/t43-,44-,55+,56+,57+,58+,59+,60+,61+,62+,66+/m1/s1. The van der Waals surface area contributed by atoms with Gasteiger partial charge in [-0.3, -0.25) is 62.3 Å². The van der Waals surface area contributed by atoms with Crippen LogP contribution in [0.1, 0.15) is 106 Å². The second-order valence-electron chi connectivity index (χ2n) is 26.0. The molecule has 0 aliphatic heterocycles. The monoisotopic (exact) mass is 1480 g/mol. The van der Waals surface area contributed by atoms with E-state index in [4.69, 9.17) is 11.5 Å². The summed E-state index contributed by atoms with van der Waals surface area (Å²) in [6.45, 7) is 8.15.